The molecule has 2 heterocycles. The Labute approximate surface area is 178 Å². The van der Waals surface area contributed by atoms with E-state index in [0.29, 0.717) is 37.6 Å². The minimum absolute atomic E-state index is 0.0142. The minimum Gasteiger partial charge on any atom is -0.384 e. The van der Waals surface area contributed by atoms with Crippen LogP contribution in [0, 0.1) is 17.3 Å². The van der Waals surface area contributed by atoms with Gasteiger partial charge in [-0.25, -0.2) is 0 Å². The van der Waals surface area contributed by atoms with Gasteiger partial charge in [0, 0.05) is 36.6 Å². The number of aliphatic hydroxyl groups is 1. The van der Waals surface area contributed by atoms with Gasteiger partial charge in [-0.3, -0.25) is 9.59 Å². The molecule has 0 saturated carbocycles. The lowest BCUT2D eigenvalue weighted by atomic mass is 9.66. The fraction of sp³-hybridized carbons (Fsp3) is 0.636. The third-order valence-corrected chi connectivity index (χ3v) is 6.72. The summed E-state index contributed by atoms with van der Waals surface area (Å²) in [4.78, 5) is 27.5. The SMILES string of the molecule is CC(C)C(NC(=O)C1CNC1)C(=O)N1CCC(O)(c2ccc(Cl)cc2)C(C)(C)C1. The molecule has 3 rings (SSSR count). The summed E-state index contributed by atoms with van der Waals surface area (Å²) < 4.78 is 0. The fourth-order valence-corrected chi connectivity index (χ4v) is 4.35. The van der Waals surface area contributed by atoms with E-state index in [9.17, 15) is 14.7 Å². The van der Waals surface area contributed by atoms with Crippen molar-refractivity contribution in [1.29, 1.82) is 0 Å². The van der Waals surface area contributed by atoms with Crippen LogP contribution < -0.4 is 10.6 Å². The van der Waals surface area contributed by atoms with Gasteiger partial charge in [-0.2, -0.15) is 0 Å². The van der Waals surface area contributed by atoms with Crippen LogP contribution in [-0.2, 0) is 15.2 Å². The largest absolute Gasteiger partial charge is 0.384 e. The molecule has 0 bridgehead atoms. The molecule has 2 aliphatic heterocycles. The van der Waals surface area contributed by atoms with Crippen molar-refractivity contribution in [2.24, 2.45) is 17.3 Å². The van der Waals surface area contributed by atoms with Crippen molar-refractivity contribution in [2.45, 2.75) is 45.8 Å². The molecule has 3 N–H and O–H groups in total. The molecule has 7 heteroatoms. The van der Waals surface area contributed by atoms with Gasteiger partial charge >= 0.3 is 0 Å². The van der Waals surface area contributed by atoms with Crippen LogP contribution in [0.5, 0.6) is 0 Å². The molecule has 0 aromatic heterocycles. The van der Waals surface area contributed by atoms with Gasteiger partial charge in [0.25, 0.3) is 0 Å². The van der Waals surface area contributed by atoms with Crippen molar-refractivity contribution >= 4 is 23.4 Å². The number of carbonyl (C=O) groups is 2. The van der Waals surface area contributed by atoms with Crippen LogP contribution in [0.25, 0.3) is 0 Å². The van der Waals surface area contributed by atoms with Crippen LogP contribution in [0.3, 0.4) is 0 Å². The second kappa shape index (κ2) is 8.25. The van der Waals surface area contributed by atoms with Gasteiger partial charge in [-0.05, 0) is 30.0 Å². The Hall–Kier alpha value is -1.63. The molecule has 6 nitrogen and oxygen atoms in total. The van der Waals surface area contributed by atoms with Gasteiger partial charge in [0.05, 0.1) is 11.5 Å². The summed E-state index contributed by atoms with van der Waals surface area (Å²) >= 11 is 6.00. The van der Waals surface area contributed by atoms with E-state index in [1.807, 2.05) is 39.8 Å². The third kappa shape index (κ3) is 4.30. The first-order valence-electron chi connectivity index (χ1n) is 10.3. The molecular formula is C22H32ClN3O3. The zero-order valence-electron chi connectivity index (χ0n) is 17.7. The Balaban J connectivity index is 1.74. The van der Waals surface area contributed by atoms with Gasteiger partial charge in [-0.1, -0.05) is 51.4 Å². The van der Waals surface area contributed by atoms with Crippen LogP contribution >= 0.6 is 11.6 Å². The number of rotatable bonds is 5. The average Bonchev–Trinajstić information content (AvgIpc) is 2.60. The van der Waals surface area contributed by atoms with Gasteiger partial charge in [0.15, 0.2) is 0 Å². The Kier molecular flexibility index (Phi) is 6.27. The van der Waals surface area contributed by atoms with Crippen molar-refractivity contribution in [1.82, 2.24) is 15.5 Å². The number of piperidine rings is 1. The summed E-state index contributed by atoms with van der Waals surface area (Å²) in [6.07, 6.45) is 0.429. The number of nitrogens with zero attached hydrogens (tertiary/aromatic N) is 1. The Morgan fingerprint density at radius 3 is 2.34 bits per heavy atom. The maximum Gasteiger partial charge on any atom is 0.245 e. The van der Waals surface area contributed by atoms with E-state index < -0.39 is 17.1 Å². The van der Waals surface area contributed by atoms with E-state index >= 15 is 0 Å². The molecule has 2 atom stereocenters. The summed E-state index contributed by atoms with van der Waals surface area (Å²) in [6.45, 7) is 10.0. The number of likely N-dealkylation sites (tertiary alicyclic amines) is 1. The van der Waals surface area contributed by atoms with Crippen LogP contribution in [0.1, 0.15) is 39.7 Å². The third-order valence-electron chi connectivity index (χ3n) is 6.47. The van der Waals surface area contributed by atoms with E-state index in [1.165, 1.54) is 0 Å². The number of amides is 2. The molecule has 2 aliphatic rings. The first-order valence-corrected chi connectivity index (χ1v) is 10.7. The van der Waals surface area contributed by atoms with Gasteiger partial charge in [-0.15, -0.1) is 0 Å². The molecule has 1 aromatic carbocycles. The molecule has 2 amide bonds. The quantitative estimate of drug-likeness (QED) is 0.680. The Bertz CT molecular complexity index is 761. The highest BCUT2D eigenvalue weighted by atomic mass is 35.5. The second-order valence-electron chi connectivity index (χ2n) is 9.35. The van der Waals surface area contributed by atoms with Crippen molar-refractivity contribution in [3.8, 4) is 0 Å². The predicted octanol–water partition coefficient (Wildman–Crippen LogP) is 2.15. The summed E-state index contributed by atoms with van der Waals surface area (Å²) in [5, 5.41) is 18.2. The molecule has 1 aromatic rings. The summed E-state index contributed by atoms with van der Waals surface area (Å²) in [7, 11) is 0. The maximum absolute atomic E-state index is 13.3. The van der Waals surface area contributed by atoms with Crippen molar-refractivity contribution in [3.05, 3.63) is 34.9 Å². The van der Waals surface area contributed by atoms with E-state index in [4.69, 9.17) is 11.6 Å². The molecule has 2 unspecified atom stereocenters. The van der Waals surface area contributed by atoms with Crippen LogP contribution in [0.2, 0.25) is 5.02 Å². The zero-order valence-corrected chi connectivity index (χ0v) is 18.4. The van der Waals surface area contributed by atoms with E-state index in [0.717, 1.165) is 5.56 Å². The Morgan fingerprint density at radius 1 is 1.24 bits per heavy atom. The highest BCUT2D eigenvalue weighted by Gasteiger charge is 2.50. The van der Waals surface area contributed by atoms with Crippen LogP contribution in [0.4, 0.5) is 0 Å². The monoisotopic (exact) mass is 421 g/mol. The lowest BCUT2D eigenvalue weighted by Gasteiger charge is -2.51. The highest BCUT2D eigenvalue weighted by molar-refractivity contribution is 6.30. The molecule has 0 spiro atoms. The molecule has 0 aliphatic carbocycles. The van der Waals surface area contributed by atoms with E-state index in [-0.39, 0.29) is 23.7 Å². The van der Waals surface area contributed by atoms with Crippen molar-refractivity contribution in [2.75, 3.05) is 26.2 Å². The fourth-order valence-electron chi connectivity index (χ4n) is 4.23. The second-order valence-corrected chi connectivity index (χ2v) is 9.78. The highest BCUT2D eigenvalue weighted by Crippen LogP contribution is 2.46. The van der Waals surface area contributed by atoms with Crippen LogP contribution in [-0.4, -0.2) is 54.0 Å². The smallest absolute Gasteiger partial charge is 0.245 e. The number of halogens is 1. The van der Waals surface area contributed by atoms with E-state index in [2.05, 4.69) is 10.6 Å². The number of benzene rings is 1. The zero-order chi connectivity index (χ0) is 21.4. The summed E-state index contributed by atoms with van der Waals surface area (Å²) in [5.74, 6) is -0.215. The predicted molar refractivity (Wildman–Crippen MR) is 113 cm³/mol. The van der Waals surface area contributed by atoms with Crippen molar-refractivity contribution < 1.29 is 14.7 Å². The molecular weight excluding hydrogens is 390 g/mol. The van der Waals surface area contributed by atoms with Gasteiger partial charge in [0.2, 0.25) is 11.8 Å². The average molecular weight is 422 g/mol. The lowest BCUT2D eigenvalue weighted by molar-refractivity contribution is -0.157. The number of carbonyl (C=O) groups excluding carboxylic acids is 2. The standard InChI is InChI=1S/C22H32ClN3O3/c1-14(2)18(25-19(27)15-11-24-12-15)20(28)26-10-9-22(29,21(3,4)13-26)16-5-7-17(23)8-6-16/h5-8,14-15,18,24,29H,9-13H2,1-4H3,(H,25,27). The Morgan fingerprint density at radius 2 is 1.86 bits per heavy atom. The first-order chi connectivity index (χ1) is 13.5. The number of hydrogen-bond acceptors (Lipinski definition) is 4. The molecule has 2 saturated heterocycles. The van der Waals surface area contributed by atoms with Crippen molar-refractivity contribution in [3.63, 3.8) is 0 Å². The normalized spacial score (nSPS) is 25.4. The molecule has 2 fully saturated rings. The molecule has 0 radical (unpaired) electrons. The van der Waals surface area contributed by atoms with Crippen LogP contribution in [0.15, 0.2) is 24.3 Å². The minimum atomic E-state index is -1.05. The van der Waals surface area contributed by atoms with Gasteiger partial charge in [0.1, 0.15) is 6.04 Å². The summed E-state index contributed by atoms with van der Waals surface area (Å²) in [5.41, 5.74) is -0.800. The summed E-state index contributed by atoms with van der Waals surface area (Å²) in [6, 6.07) is 6.71. The molecule has 160 valence electrons. The topological polar surface area (TPSA) is 81.7 Å². The number of hydrogen-bond donors (Lipinski definition) is 3. The van der Waals surface area contributed by atoms with E-state index in [1.54, 1.807) is 17.0 Å². The van der Waals surface area contributed by atoms with Gasteiger partial charge < -0.3 is 20.6 Å². The maximum atomic E-state index is 13.3. The molecule has 29 heavy (non-hydrogen) atoms. The first kappa shape index (κ1) is 22.1. The lowest BCUT2D eigenvalue weighted by Crippen LogP contribution is -2.62. The number of nitrogens with one attached hydrogen (secondary N) is 2.